The molecule has 0 amide bonds. The van der Waals surface area contributed by atoms with Crippen molar-refractivity contribution in [3.05, 3.63) is 29.8 Å². The van der Waals surface area contributed by atoms with Crippen molar-refractivity contribution >= 4 is 34.9 Å². The molecule has 1 aromatic heterocycles. The molecule has 3 nitrogen and oxygen atoms in total. The van der Waals surface area contributed by atoms with Crippen molar-refractivity contribution in [2.24, 2.45) is 0 Å². The van der Waals surface area contributed by atoms with E-state index in [9.17, 15) is 0 Å². The van der Waals surface area contributed by atoms with Crippen LogP contribution in [0.5, 0.6) is 0 Å². The lowest BCUT2D eigenvalue weighted by atomic mass is 10.2. The van der Waals surface area contributed by atoms with E-state index in [1.165, 1.54) is 11.8 Å². The van der Waals surface area contributed by atoms with Gasteiger partial charge in [-0.25, -0.2) is 0 Å². The number of nitriles is 1. The van der Waals surface area contributed by atoms with Gasteiger partial charge < -0.3 is 0 Å². The molecule has 6 heteroatoms. The molecule has 0 aliphatic heterocycles. The van der Waals surface area contributed by atoms with E-state index < -0.39 is 0 Å². The Bertz CT molecular complexity index is 530. The maximum absolute atomic E-state index is 8.95. The highest BCUT2D eigenvalue weighted by Crippen LogP contribution is 2.34. The zero-order valence-electron chi connectivity index (χ0n) is 8.38. The second-order valence-corrected chi connectivity index (χ2v) is 6.07. The molecule has 0 aliphatic rings. The predicted octanol–water partition coefficient (Wildman–Crippen LogP) is 3.28. The van der Waals surface area contributed by atoms with Crippen molar-refractivity contribution in [1.29, 1.82) is 5.26 Å². The van der Waals surface area contributed by atoms with E-state index in [1.54, 1.807) is 29.2 Å². The minimum Gasteiger partial charge on any atom is -0.192 e. The number of nitrogens with zero attached hydrogens (tertiary/aromatic N) is 3. The lowest BCUT2D eigenvalue weighted by Gasteiger charge is -1.98. The first-order valence-corrected chi connectivity index (χ1v) is 7.23. The molecule has 0 unspecified atom stereocenters. The Morgan fingerprint density at radius 2 is 2.00 bits per heavy atom. The van der Waals surface area contributed by atoms with E-state index in [1.807, 2.05) is 24.5 Å². The monoisotopic (exact) mass is 265 g/mol. The van der Waals surface area contributed by atoms with E-state index in [0.29, 0.717) is 5.56 Å². The van der Waals surface area contributed by atoms with Crippen LogP contribution in [0.3, 0.4) is 0 Å². The Labute approximate surface area is 106 Å². The van der Waals surface area contributed by atoms with Gasteiger partial charge in [-0.1, -0.05) is 47.0 Å². The van der Waals surface area contributed by atoms with E-state index in [0.717, 1.165) is 13.6 Å². The molecule has 0 fully saturated rings. The van der Waals surface area contributed by atoms with Gasteiger partial charge >= 0.3 is 0 Å². The summed E-state index contributed by atoms with van der Waals surface area (Å²) in [5, 5.41) is 17.0. The van der Waals surface area contributed by atoms with Crippen LogP contribution >= 0.6 is 34.9 Å². The Hall–Kier alpha value is -1.03. The number of hydrogen-bond donors (Lipinski definition) is 0. The third kappa shape index (κ3) is 2.55. The van der Waals surface area contributed by atoms with Gasteiger partial charge in [0, 0.05) is 4.90 Å². The average molecular weight is 265 g/mol. The molecule has 1 aromatic carbocycles. The number of rotatable bonds is 3. The van der Waals surface area contributed by atoms with Crippen molar-refractivity contribution in [3.8, 4) is 6.07 Å². The Morgan fingerprint density at radius 1 is 1.25 bits per heavy atom. The maximum Gasteiger partial charge on any atom is 0.179 e. The van der Waals surface area contributed by atoms with Gasteiger partial charge in [-0.15, -0.1) is 10.2 Å². The second kappa shape index (κ2) is 5.34. The summed E-state index contributed by atoms with van der Waals surface area (Å²) in [6, 6.07) is 9.66. The number of aromatic nitrogens is 2. The lowest BCUT2D eigenvalue weighted by Crippen LogP contribution is -1.79. The van der Waals surface area contributed by atoms with Crippen LogP contribution < -0.4 is 0 Å². The minimum absolute atomic E-state index is 0.674. The molecule has 0 spiro atoms. The highest BCUT2D eigenvalue weighted by Gasteiger charge is 2.08. The van der Waals surface area contributed by atoms with Gasteiger partial charge in [0.15, 0.2) is 8.68 Å². The first kappa shape index (κ1) is 11.5. The highest BCUT2D eigenvalue weighted by atomic mass is 32.2. The van der Waals surface area contributed by atoms with Gasteiger partial charge in [0.2, 0.25) is 0 Å². The third-order valence-corrected chi connectivity index (χ3v) is 4.79. The zero-order chi connectivity index (χ0) is 11.4. The van der Waals surface area contributed by atoms with Crippen molar-refractivity contribution in [3.63, 3.8) is 0 Å². The van der Waals surface area contributed by atoms with Crippen LogP contribution in [0.4, 0.5) is 0 Å². The molecule has 0 N–H and O–H groups in total. The summed E-state index contributed by atoms with van der Waals surface area (Å²) in [5.41, 5.74) is 0.674. The molecule has 0 saturated heterocycles. The van der Waals surface area contributed by atoms with Gasteiger partial charge in [0.25, 0.3) is 0 Å². The predicted molar refractivity (Wildman–Crippen MR) is 67.0 cm³/mol. The summed E-state index contributed by atoms with van der Waals surface area (Å²) in [5.74, 6) is 0. The average Bonchev–Trinajstić information content (AvgIpc) is 2.77. The normalized spacial score (nSPS) is 10.0. The quantitative estimate of drug-likeness (QED) is 0.797. The smallest absolute Gasteiger partial charge is 0.179 e. The molecular weight excluding hydrogens is 258 g/mol. The highest BCUT2D eigenvalue weighted by molar-refractivity contribution is 8.03. The summed E-state index contributed by atoms with van der Waals surface area (Å²) in [6.07, 6.45) is 1.97. The molecule has 0 aliphatic carbocycles. The van der Waals surface area contributed by atoms with Gasteiger partial charge in [0.1, 0.15) is 6.07 Å². The summed E-state index contributed by atoms with van der Waals surface area (Å²) in [4.78, 5) is 0.925. The zero-order valence-corrected chi connectivity index (χ0v) is 10.8. The molecule has 16 heavy (non-hydrogen) atoms. The van der Waals surface area contributed by atoms with Crippen LogP contribution in [-0.2, 0) is 0 Å². The van der Waals surface area contributed by atoms with E-state index >= 15 is 0 Å². The van der Waals surface area contributed by atoms with Crippen LogP contribution in [0.15, 0.2) is 37.8 Å². The molecule has 2 aromatic rings. The molecule has 80 valence electrons. The molecule has 2 rings (SSSR count). The van der Waals surface area contributed by atoms with Crippen LogP contribution in [-0.4, -0.2) is 16.5 Å². The molecule has 0 atom stereocenters. The van der Waals surface area contributed by atoms with E-state index in [-0.39, 0.29) is 0 Å². The third-order valence-electron chi connectivity index (χ3n) is 1.77. The molecule has 0 bridgehead atoms. The van der Waals surface area contributed by atoms with Crippen LogP contribution in [0.2, 0.25) is 0 Å². The molecular formula is C10H7N3S3. The van der Waals surface area contributed by atoms with E-state index in [2.05, 4.69) is 16.3 Å². The number of hydrogen-bond acceptors (Lipinski definition) is 6. The van der Waals surface area contributed by atoms with Crippen molar-refractivity contribution in [2.75, 3.05) is 6.26 Å². The molecule has 0 saturated carbocycles. The maximum atomic E-state index is 8.95. The first-order chi connectivity index (χ1) is 7.83. The Kier molecular flexibility index (Phi) is 3.83. The number of thioether (sulfide) groups is 1. The summed E-state index contributed by atoms with van der Waals surface area (Å²) in [7, 11) is 0. The number of benzene rings is 1. The molecule has 0 radical (unpaired) electrons. The summed E-state index contributed by atoms with van der Waals surface area (Å²) >= 11 is 4.60. The van der Waals surface area contributed by atoms with Gasteiger partial charge in [-0.05, 0) is 18.4 Å². The summed E-state index contributed by atoms with van der Waals surface area (Å²) < 4.78 is 1.81. The second-order valence-electron chi connectivity index (χ2n) is 2.75. The van der Waals surface area contributed by atoms with Gasteiger partial charge in [-0.3, -0.25) is 0 Å². The van der Waals surface area contributed by atoms with Gasteiger partial charge in [-0.2, -0.15) is 5.26 Å². The lowest BCUT2D eigenvalue weighted by molar-refractivity contribution is 0.955. The fourth-order valence-electron chi connectivity index (χ4n) is 1.06. The van der Waals surface area contributed by atoms with Crippen molar-refractivity contribution < 1.29 is 0 Å². The summed E-state index contributed by atoms with van der Waals surface area (Å²) in [6.45, 7) is 0. The van der Waals surface area contributed by atoms with Crippen LogP contribution in [0.25, 0.3) is 0 Å². The van der Waals surface area contributed by atoms with Gasteiger partial charge in [0.05, 0.1) is 5.56 Å². The van der Waals surface area contributed by atoms with Crippen molar-refractivity contribution in [1.82, 2.24) is 10.2 Å². The fourth-order valence-corrected chi connectivity index (χ4v) is 3.54. The topological polar surface area (TPSA) is 49.6 Å². The fraction of sp³-hybridized carbons (Fsp3) is 0.100. The SMILES string of the molecule is CSc1nnc(Sc2ccccc2C#N)s1. The van der Waals surface area contributed by atoms with Crippen LogP contribution in [0, 0.1) is 11.3 Å². The molecule has 1 heterocycles. The van der Waals surface area contributed by atoms with E-state index in [4.69, 9.17) is 5.26 Å². The standard InChI is InChI=1S/C10H7N3S3/c1-14-9-12-13-10(16-9)15-8-5-3-2-4-7(8)6-11/h2-5H,1H3. The van der Waals surface area contributed by atoms with Crippen molar-refractivity contribution in [2.45, 2.75) is 13.6 Å². The Morgan fingerprint density at radius 3 is 2.69 bits per heavy atom. The largest absolute Gasteiger partial charge is 0.192 e. The minimum atomic E-state index is 0.674. The first-order valence-electron chi connectivity index (χ1n) is 4.38. The van der Waals surface area contributed by atoms with Crippen LogP contribution in [0.1, 0.15) is 5.56 Å². The Balaban J connectivity index is 2.24.